The van der Waals surface area contributed by atoms with Crippen LogP contribution in [-0.4, -0.2) is 23.0 Å². The Labute approximate surface area is 81.5 Å². The average molecular weight is 193 g/mol. The van der Waals surface area contributed by atoms with Gasteiger partial charge >= 0.3 is 5.97 Å². The highest BCUT2D eigenvalue weighted by Crippen LogP contribution is 2.17. The summed E-state index contributed by atoms with van der Waals surface area (Å²) in [4.78, 5) is 19.7. The minimum absolute atomic E-state index is 0.389. The summed E-state index contributed by atoms with van der Waals surface area (Å²) in [6, 6.07) is 0. The molecule has 0 aliphatic carbocycles. The number of aryl methyl sites for hydroxylation is 1. The molecule has 0 saturated heterocycles. The Morgan fingerprint density at radius 2 is 2.21 bits per heavy atom. The van der Waals surface area contributed by atoms with Gasteiger partial charge in [-0.3, -0.25) is 0 Å². The number of esters is 1. The second-order valence-electron chi connectivity index (χ2n) is 3.14. The van der Waals surface area contributed by atoms with E-state index in [4.69, 9.17) is 0 Å². The number of hydrogen-bond donors (Lipinski definition) is 1. The lowest BCUT2D eigenvalue weighted by Gasteiger charge is -2.05. The molecule has 1 aliphatic rings. The maximum absolute atomic E-state index is 11.4. The van der Waals surface area contributed by atoms with Crippen LogP contribution in [0.1, 0.15) is 27.6 Å². The van der Waals surface area contributed by atoms with E-state index in [1.165, 1.54) is 7.11 Å². The van der Waals surface area contributed by atoms with Crippen LogP contribution in [0, 0.1) is 6.92 Å². The van der Waals surface area contributed by atoms with E-state index in [1.807, 2.05) is 0 Å². The molecule has 0 radical (unpaired) electrons. The monoisotopic (exact) mass is 193 g/mol. The Hall–Kier alpha value is -1.49. The number of fused-ring (bicyclic) bond motifs is 1. The van der Waals surface area contributed by atoms with Crippen molar-refractivity contribution in [1.82, 2.24) is 15.3 Å². The first-order valence-corrected chi connectivity index (χ1v) is 4.38. The number of aromatic nitrogens is 2. The van der Waals surface area contributed by atoms with Crippen LogP contribution in [0.5, 0.6) is 0 Å². The first-order chi connectivity index (χ1) is 6.72. The second-order valence-corrected chi connectivity index (χ2v) is 3.14. The highest BCUT2D eigenvalue weighted by Gasteiger charge is 2.22. The van der Waals surface area contributed by atoms with Gasteiger partial charge in [-0.15, -0.1) is 0 Å². The van der Waals surface area contributed by atoms with E-state index in [0.29, 0.717) is 24.6 Å². The molecule has 1 N–H and O–H groups in total. The smallest absolute Gasteiger partial charge is 0.357 e. The first kappa shape index (κ1) is 9.08. The third kappa shape index (κ3) is 1.35. The van der Waals surface area contributed by atoms with Crippen molar-refractivity contribution in [3.8, 4) is 0 Å². The topological polar surface area (TPSA) is 64.1 Å². The summed E-state index contributed by atoms with van der Waals surface area (Å²) in [7, 11) is 1.36. The van der Waals surface area contributed by atoms with Crippen molar-refractivity contribution >= 4 is 5.97 Å². The average Bonchev–Trinajstić information content (AvgIpc) is 2.62. The molecule has 0 saturated carbocycles. The van der Waals surface area contributed by atoms with Gasteiger partial charge in [0, 0.05) is 18.7 Å². The summed E-state index contributed by atoms with van der Waals surface area (Å²) in [5.74, 6) is 0.211. The van der Waals surface area contributed by atoms with E-state index in [9.17, 15) is 4.79 Å². The Balaban J connectivity index is 2.54. The summed E-state index contributed by atoms with van der Waals surface area (Å²) in [6.07, 6.45) is 0. The van der Waals surface area contributed by atoms with Crippen LogP contribution < -0.4 is 5.32 Å². The molecule has 0 atom stereocenters. The molecule has 14 heavy (non-hydrogen) atoms. The van der Waals surface area contributed by atoms with Crippen LogP contribution >= 0.6 is 0 Å². The fourth-order valence-corrected chi connectivity index (χ4v) is 1.56. The summed E-state index contributed by atoms with van der Waals surface area (Å²) in [5, 5.41) is 3.12. The van der Waals surface area contributed by atoms with E-state index in [1.54, 1.807) is 6.92 Å². The fraction of sp³-hybridized carbons (Fsp3) is 0.444. The van der Waals surface area contributed by atoms with Crippen LogP contribution in [0.15, 0.2) is 0 Å². The first-order valence-electron chi connectivity index (χ1n) is 4.38. The van der Waals surface area contributed by atoms with E-state index < -0.39 is 5.97 Å². The molecule has 0 spiro atoms. The zero-order valence-corrected chi connectivity index (χ0v) is 8.13. The third-order valence-corrected chi connectivity index (χ3v) is 2.18. The lowest BCUT2D eigenvalue weighted by Crippen LogP contribution is -2.11. The molecule has 0 amide bonds. The number of carbonyl (C=O) groups is 1. The van der Waals surface area contributed by atoms with E-state index >= 15 is 0 Å². The number of rotatable bonds is 1. The zero-order chi connectivity index (χ0) is 10.1. The van der Waals surface area contributed by atoms with Gasteiger partial charge in [0.25, 0.3) is 0 Å². The molecular weight excluding hydrogens is 182 g/mol. The SMILES string of the molecule is COC(=O)c1nc(C)nc2c1CNC2. The minimum Gasteiger partial charge on any atom is -0.464 e. The lowest BCUT2D eigenvalue weighted by molar-refractivity contribution is 0.0592. The molecule has 1 aromatic heterocycles. The molecule has 5 heteroatoms. The molecule has 5 nitrogen and oxygen atoms in total. The van der Waals surface area contributed by atoms with E-state index in [0.717, 1.165) is 11.3 Å². The quantitative estimate of drug-likeness (QED) is 0.644. The molecule has 74 valence electrons. The fourth-order valence-electron chi connectivity index (χ4n) is 1.56. The highest BCUT2D eigenvalue weighted by atomic mass is 16.5. The van der Waals surface area contributed by atoms with Gasteiger partial charge < -0.3 is 10.1 Å². The minimum atomic E-state index is -0.393. The second kappa shape index (κ2) is 3.34. The third-order valence-electron chi connectivity index (χ3n) is 2.18. The number of methoxy groups -OCH3 is 1. The van der Waals surface area contributed by atoms with Crippen molar-refractivity contribution in [2.45, 2.75) is 20.0 Å². The molecule has 2 rings (SSSR count). The highest BCUT2D eigenvalue weighted by molar-refractivity contribution is 5.89. The Bertz CT molecular complexity index is 390. The molecule has 2 heterocycles. The molecule has 0 aromatic carbocycles. The van der Waals surface area contributed by atoms with Crippen LogP contribution in [0.4, 0.5) is 0 Å². The molecule has 0 fully saturated rings. The van der Waals surface area contributed by atoms with Gasteiger partial charge in [0.2, 0.25) is 0 Å². The van der Waals surface area contributed by atoms with Gasteiger partial charge in [0.05, 0.1) is 12.8 Å². The van der Waals surface area contributed by atoms with Crippen LogP contribution in [-0.2, 0) is 17.8 Å². The Morgan fingerprint density at radius 3 is 2.93 bits per heavy atom. The zero-order valence-electron chi connectivity index (χ0n) is 8.13. The number of ether oxygens (including phenoxy) is 1. The summed E-state index contributed by atoms with van der Waals surface area (Å²) in [6.45, 7) is 3.10. The number of carbonyl (C=O) groups excluding carboxylic acids is 1. The van der Waals surface area contributed by atoms with E-state index in [-0.39, 0.29) is 0 Å². The predicted octanol–water partition coefficient (Wildman–Crippen LogP) is 0.175. The Kier molecular flexibility index (Phi) is 2.17. The van der Waals surface area contributed by atoms with Gasteiger partial charge in [-0.25, -0.2) is 14.8 Å². The van der Waals surface area contributed by atoms with Gasteiger partial charge in [0.1, 0.15) is 5.82 Å². The molecular formula is C9H11N3O2. The van der Waals surface area contributed by atoms with E-state index in [2.05, 4.69) is 20.0 Å². The number of nitrogens with zero attached hydrogens (tertiary/aromatic N) is 2. The summed E-state index contributed by atoms with van der Waals surface area (Å²) < 4.78 is 4.66. The van der Waals surface area contributed by atoms with Crippen LogP contribution in [0.3, 0.4) is 0 Å². The summed E-state index contributed by atoms with van der Waals surface area (Å²) in [5.41, 5.74) is 2.15. The molecule has 0 bridgehead atoms. The Morgan fingerprint density at radius 1 is 1.43 bits per heavy atom. The molecule has 1 aromatic rings. The van der Waals surface area contributed by atoms with Gasteiger partial charge in [-0.05, 0) is 6.92 Å². The normalized spacial score (nSPS) is 13.9. The molecule has 0 unspecified atom stereocenters. The van der Waals surface area contributed by atoms with Crippen molar-refractivity contribution in [1.29, 1.82) is 0 Å². The van der Waals surface area contributed by atoms with Gasteiger partial charge in [0.15, 0.2) is 5.69 Å². The predicted molar refractivity (Wildman–Crippen MR) is 48.7 cm³/mol. The number of hydrogen-bond acceptors (Lipinski definition) is 5. The van der Waals surface area contributed by atoms with Crippen molar-refractivity contribution in [2.75, 3.05) is 7.11 Å². The summed E-state index contributed by atoms with van der Waals surface area (Å²) >= 11 is 0. The lowest BCUT2D eigenvalue weighted by atomic mass is 10.2. The largest absolute Gasteiger partial charge is 0.464 e. The molecule has 1 aliphatic heterocycles. The van der Waals surface area contributed by atoms with Crippen LogP contribution in [0.25, 0.3) is 0 Å². The standard InChI is InChI=1S/C9H11N3O2/c1-5-11-7-4-10-3-6(7)8(12-5)9(13)14-2/h10H,3-4H2,1-2H3. The van der Waals surface area contributed by atoms with Gasteiger partial charge in [-0.2, -0.15) is 0 Å². The van der Waals surface area contributed by atoms with Gasteiger partial charge in [-0.1, -0.05) is 0 Å². The van der Waals surface area contributed by atoms with Crippen LogP contribution in [0.2, 0.25) is 0 Å². The van der Waals surface area contributed by atoms with Crippen molar-refractivity contribution < 1.29 is 9.53 Å². The van der Waals surface area contributed by atoms with Crippen molar-refractivity contribution in [3.63, 3.8) is 0 Å². The maximum Gasteiger partial charge on any atom is 0.357 e. The number of nitrogens with one attached hydrogen (secondary N) is 1. The van der Waals surface area contributed by atoms with Crippen molar-refractivity contribution in [2.24, 2.45) is 0 Å². The maximum atomic E-state index is 11.4. The van der Waals surface area contributed by atoms with Crippen molar-refractivity contribution in [3.05, 3.63) is 22.8 Å².